The Morgan fingerprint density at radius 2 is 2.07 bits per heavy atom. The van der Waals surface area contributed by atoms with Gasteiger partial charge in [-0.2, -0.15) is 0 Å². The Bertz CT molecular complexity index is 320. The van der Waals surface area contributed by atoms with Crippen molar-refractivity contribution in [1.29, 1.82) is 0 Å². The second-order valence-corrected chi connectivity index (χ2v) is 3.42. The van der Waals surface area contributed by atoms with Crippen LogP contribution >= 0.6 is 0 Å². The smallest absolute Gasteiger partial charge is 0.306 e. The lowest BCUT2D eigenvalue weighted by atomic mass is 10.00. The number of carboxylic acids is 1. The van der Waals surface area contributed by atoms with Gasteiger partial charge in [0, 0.05) is 0 Å². The number of hydrogen-bond donors (Lipinski definition) is 2. The third-order valence-corrected chi connectivity index (χ3v) is 2.14. The number of aliphatic hydroxyl groups excluding tert-OH is 1. The first-order valence-corrected chi connectivity index (χ1v) is 4.55. The van der Waals surface area contributed by atoms with E-state index in [-0.39, 0.29) is 12.5 Å². The molecule has 1 aromatic carbocycles. The monoisotopic (exact) mass is 194 g/mol. The molecule has 14 heavy (non-hydrogen) atoms. The first-order valence-electron chi connectivity index (χ1n) is 4.55. The third-order valence-electron chi connectivity index (χ3n) is 2.14. The molecule has 3 heteroatoms. The van der Waals surface area contributed by atoms with Crippen molar-refractivity contribution < 1.29 is 15.0 Å². The molecule has 1 aromatic rings. The standard InChI is InChI=1S/C11H14O3/c1-8(11(13)14)5-9-3-2-4-10(6-9)7-12/h2-4,6,8,12H,5,7H2,1H3,(H,13,14). The second kappa shape index (κ2) is 4.77. The van der Waals surface area contributed by atoms with Gasteiger partial charge < -0.3 is 10.2 Å². The van der Waals surface area contributed by atoms with Gasteiger partial charge in [-0.25, -0.2) is 0 Å². The molecule has 0 aliphatic heterocycles. The number of carbonyl (C=O) groups is 1. The Morgan fingerprint density at radius 3 is 2.64 bits per heavy atom. The maximum atomic E-state index is 10.6. The zero-order chi connectivity index (χ0) is 10.6. The second-order valence-electron chi connectivity index (χ2n) is 3.42. The molecular formula is C11H14O3. The lowest BCUT2D eigenvalue weighted by Crippen LogP contribution is -2.12. The van der Waals surface area contributed by atoms with Crippen LogP contribution in [-0.2, 0) is 17.8 Å². The minimum absolute atomic E-state index is 0.00467. The van der Waals surface area contributed by atoms with E-state index in [1.54, 1.807) is 6.92 Å². The molecule has 1 atom stereocenters. The summed E-state index contributed by atoms with van der Waals surface area (Å²) >= 11 is 0. The molecule has 0 amide bonds. The highest BCUT2D eigenvalue weighted by atomic mass is 16.4. The molecule has 0 aromatic heterocycles. The van der Waals surface area contributed by atoms with E-state index in [0.717, 1.165) is 11.1 Å². The minimum atomic E-state index is -0.792. The summed E-state index contributed by atoms with van der Waals surface area (Å²) in [5.74, 6) is -1.18. The first kappa shape index (κ1) is 10.7. The molecule has 0 spiro atoms. The highest BCUT2D eigenvalue weighted by molar-refractivity contribution is 5.69. The van der Waals surface area contributed by atoms with Crippen LogP contribution < -0.4 is 0 Å². The molecule has 0 fully saturated rings. The number of aliphatic hydroxyl groups is 1. The molecule has 3 nitrogen and oxygen atoms in total. The molecule has 0 saturated carbocycles. The van der Waals surface area contributed by atoms with Crippen molar-refractivity contribution >= 4 is 5.97 Å². The fourth-order valence-electron chi connectivity index (χ4n) is 1.30. The van der Waals surface area contributed by atoms with Gasteiger partial charge in [0.05, 0.1) is 12.5 Å². The zero-order valence-electron chi connectivity index (χ0n) is 8.10. The maximum Gasteiger partial charge on any atom is 0.306 e. The van der Waals surface area contributed by atoms with Gasteiger partial charge in [-0.3, -0.25) is 4.79 Å². The van der Waals surface area contributed by atoms with E-state index in [4.69, 9.17) is 10.2 Å². The molecule has 0 radical (unpaired) electrons. The molecule has 0 aliphatic rings. The third kappa shape index (κ3) is 2.85. The van der Waals surface area contributed by atoms with Crippen LogP contribution in [0.15, 0.2) is 24.3 Å². The van der Waals surface area contributed by atoms with Crippen molar-refractivity contribution in [3.63, 3.8) is 0 Å². The van der Waals surface area contributed by atoms with Crippen molar-refractivity contribution in [3.8, 4) is 0 Å². The van der Waals surface area contributed by atoms with Crippen LogP contribution in [-0.4, -0.2) is 16.2 Å². The summed E-state index contributed by atoms with van der Waals surface area (Å²) in [7, 11) is 0. The summed E-state index contributed by atoms with van der Waals surface area (Å²) < 4.78 is 0. The Hall–Kier alpha value is -1.35. The summed E-state index contributed by atoms with van der Waals surface area (Å²) in [6.07, 6.45) is 0.503. The highest BCUT2D eigenvalue weighted by Gasteiger charge is 2.11. The Kier molecular flexibility index (Phi) is 3.65. The van der Waals surface area contributed by atoms with E-state index < -0.39 is 5.97 Å². The van der Waals surface area contributed by atoms with Gasteiger partial charge >= 0.3 is 5.97 Å². The van der Waals surface area contributed by atoms with Gasteiger partial charge in [0.1, 0.15) is 0 Å². The molecule has 2 N–H and O–H groups in total. The average Bonchev–Trinajstić information content (AvgIpc) is 2.18. The molecular weight excluding hydrogens is 180 g/mol. The Morgan fingerprint density at radius 1 is 1.43 bits per heavy atom. The molecule has 0 bridgehead atoms. The minimum Gasteiger partial charge on any atom is -0.481 e. The van der Waals surface area contributed by atoms with E-state index in [9.17, 15) is 4.79 Å². The van der Waals surface area contributed by atoms with Crippen LogP contribution in [0.4, 0.5) is 0 Å². The van der Waals surface area contributed by atoms with Crippen molar-refractivity contribution in [2.75, 3.05) is 0 Å². The fourth-order valence-corrected chi connectivity index (χ4v) is 1.30. The van der Waals surface area contributed by atoms with Crippen LogP contribution in [0.1, 0.15) is 18.1 Å². The topological polar surface area (TPSA) is 57.5 Å². The lowest BCUT2D eigenvalue weighted by molar-refractivity contribution is -0.141. The number of hydrogen-bond acceptors (Lipinski definition) is 2. The summed E-state index contributed by atoms with van der Waals surface area (Å²) in [4.78, 5) is 10.6. The van der Waals surface area contributed by atoms with Gasteiger partial charge in [-0.15, -0.1) is 0 Å². The van der Waals surface area contributed by atoms with Crippen molar-refractivity contribution in [3.05, 3.63) is 35.4 Å². The molecule has 0 heterocycles. The van der Waals surface area contributed by atoms with Crippen molar-refractivity contribution in [2.45, 2.75) is 20.0 Å². The number of benzene rings is 1. The summed E-state index contributed by atoms with van der Waals surface area (Å²) in [5, 5.41) is 17.6. The predicted molar refractivity (Wildman–Crippen MR) is 52.9 cm³/mol. The summed E-state index contributed by atoms with van der Waals surface area (Å²) in [5.41, 5.74) is 1.77. The van der Waals surface area contributed by atoms with E-state index in [0.29, 0.717) is 6.42 Å². The number of aliphatic carboxylic acids is 1. The zero-order valence-corrected chi connectivity index (χ0v) is 8.10. The van der Waals surface area contributed by atoms with Crippen LogP contribution in [0.3, 0.4) is 0 Å². The van der Waals surface area contributed by atoms with Crippen LogP contribution in [0, 0.1) is 5.92 Å². The van der Waals surface area contributed by atoms with Gasteiger partial charge in [-0.1, -0.05) is 31.2 Å². The quantitative estimate of drug-likeness (QED) is 0.762. The van der Waals surface area contributed by atoms with Crippen LogP contribution in [0.5, 0.6) is 0 Å². The van der Waals surface area contributed by atoms with E-state index in [1.807, 2.05) is 24.3 Å². The van der Waals surface area contributed by atoms with E-state index in [2.05, 4.69) is 0 Å². The fraction of sp³-hybridized carbons (Fsp3) is 0.364. The van der Waals surface area contributed by atoms with Crippen LogP contribution in [0.2, 0.25) is 0 Å². The highest BCUT2D eigenvalue weighted by Crippen LogP contribution is 2.11. The van der Waals surface area contributed by atoms with Crippen LogP contribution in [0.25, 0.3) is 0 Å². The first-order chi connectivity index (χ1) is 6.63. The van der Waals surface area contributed by atoms with Crippen molar-refractivity contribution in [1.82, 2.24) is 0 Å². The Labute approximate surface area is 83.0 Å². The lowest BCUT2D eigenvalue weighted by Gasteiger charge is -2.06. The van der Waals surface area contributed by atoms with Gasteiger partial charge in [0.25, 0.3) is 0 Å². The van der Waals surface area contributed by atoms with Gasteiger partial charge in [0.2, 0.25) is 0 Å². The predicted octanol–water partition coefficient (Wildman–Crippen LogP) is 1.44. The van der Waals surface area contributed by atoms with Gasteiger partial charge in [0.15, 0.2) is 0 Å². The summed E-state index contributed by atoms with van der Waals surface area (Å²) in [6.45, 7) is 1.67. The number of rotatable bonds is 4. The van der Waals surface area contributed by atoms with E-state index in [1.165, 1.54) is 0 Å². The molecule has 0 saturated heterocycles. The van der Waals surface area contributed by atoms with Gasteiger partial charge in [-0.05, 0) is 17.5 Å². The van der Waals surface area contributed by atoms with E-state index >= 15 is 0 Å². The number of carboxylic acid groups (broad SMARTS) is 1. The summed E-state index contributed by atoms with van der Waals surface area (Å²) in [6, 6.07) is 7.35. The molecule has 1 unspecified atom stereocenters. The SMILES string of the molecule is CC(Cc1cccc(CO)c1)C(=O)O. The maximum absolute atomic E-state index is 10.6. The molecule has 76 valence electrons. The normalized spacial score (nSPS) is 12.4. The molecule has 1 rings (SSSR count). The van der Waals surface area contributed by atoms with Crippen molar-refractivity contribution in [2.24, 2.45) is 5.92 Å². The average molecular weight is 194 g/mol. The molecule has 0 aliphatic carbocycles. The Balaban J connectivity index is 2.71. The largest absolute Gasteiger partial charge is 0.481 e.